The highest BCUT2D eigenvalue weighted by atomic mass is 32.1. The number of thiazole rings is 1. The van der Waals surface area contributed by atoms with Crippen LogP contribution in [0.15, 0.2) is 23.8 Å². The molecule has 3 heterocycles. The fourth-order valence-corrected chi connectivity index (χ4v) is 3.33. The number of hydrogen-bond donors (Lipinski definition) is 1. The van der Waals surface area contributed by atoms with Gasteiger partial charge in [-0.15, -0.1) is 11.3 Å². The zero-order chi connectivity index (χ0) is 15.4. The van der Waals surface area contributed by atoms with Crippen LogP contribution in [0.2, 0.25) is 0 Å². The van der Waals surface area contributed by atoms with Crippen molar-refractivity contribution in [2.75, 3.05) is 25.0 Å². The van der Waals surface area contributed by atoms with E-state index in [0.717, 1.165) is 37.4 Å². The fraction of sp³-hybridized carbons (Fsp3) is 0.467. The van der Waals surface area contributed by atoms with Gasteiger partial charge in [-0.3, -0.25) is 9.69 Å². The monoisotopic (exact) mass is 317 g/mol. The summed E-state index contributed by atoms with van der Waals surface area (Å²) in [5, 5.41) is 5.34. The molecule has 6 nitrogen and oxygen atoms in total. The van der Waals surface area contributed by atoms with Crippen molar-refractivity contribution < 1.29 is 4.79 Å². The van der Waals surface area contributed by atoms with Crippen LogP contribution in [0, 0.1) is 6.92 Å². The van der Waals surface area contributed by atoms with Gasteiger partial charge in [-0.25, -0.2) is 15.0 Å². The van der Waals surface area contributed by atoms with Crippen LogP contribution in [0.25, 0.3) is 0 Å². The first-order chi connectivity index (χ1) is 10.7. The summed E-state index contributed by atoms with van der Waals surface area (Å²) in [6.45, 7) is 4.12. The Morgan fingerprint density at radius 3 is 3.14 bits per heavy atom. The standard InChI is InChI=1S/C15H19N5OS/c1-11-16-5-4-13(18-11)12-3-2-7-20(9-12)10-14(21)19-15-17-6-8-22-15/h4-6,8,12H,2-3,7,9-10H2,1H3,(H,17,19,21)/t12-/m1/s1. The summed E-state index contributed by atoms with van der Waals surface area (Å²) in [6, 6.07) is 1.98. The highest BCUT2D eigenvalue weighted by Gasteiger charge is 2.24. The average molecular weight is 317 g/mol. The van der Waals surface area contributed by atoms with Crippen LogP contribution >= 0.6 is 11.3 Å². The summed E-state index contributed by atoms with van der Waals surface area (Å²) in [7, 11) is 0. The second-order valence-corrected chi connectivity index (χ2v) is 6.38. The normalized spacial score (nSPS) is 19.0. The molecule has 1 N–H and O–H groups in total. The number of hydrogen-bond acceptors (Lipinski definition) is 6. The van der Waals surface area contributed by atoms with Gasteiger partial charge in [0, 0.05) is 35.9 Å². The van der Waals surface area contributed by atoms with Crippen molar-refractivity contribution >= 4 is 22.4 Å². The van der Waals surface area contributed by atoms with Crippen LogP contribution in [0.3, 0.4) is 0 Å². The summed E-state index contributed by atoms with van der Waals surface area (Å²) in [5.41, 5.74) is 1.08. The van der Waals surface area contributed by atoms with Gasteiger partial charge in [0.05, 0.1) is 6.54 Å². The summed E-state index contributed by atoms with van der Waals surface area (Å²) < 4.78 is 0. The molecule has 2 aromatic rings. The van der Waals surface area contributed by atoms with Crippen LogP contribution < -0.4 is 5.32 Å². The molecular weight excluding hydrogens is 298 g/mol. The number of rotatable bonds is 4. The lowest BCUT2D eigenvalue weighted by Gasteiger charge is -2.31. The van der Waals surface area contributed by atoms with Gasteiger partial charge in [-0.1, -0.05) is 0 Å². The van der Waals surface area contributed by atoms with Crippen molar-refractivity contribution in [3.63, 3.8) is 0 Å². The quantitative estimate of drug-likeness (QED) is 0.934. The second-order valence-electron chi connectivity index (χ2n) is 5.49. The number of nitrogens with one attached hydrogen (secondary N) is 1. The summed E-state index contributed by atoms with van der Waals surface area (Å²) in [6.07, 6.45) is 5.69. The maximum absolute atomic E-state index is 12.1. The van der Waals surface area contributed by atoms with E-state index in [4.69, 9.17) is 0 Å². The van der Waals surface area contributed by atoms with E-state index in [9.17, 15) is 4.79 Å². The highest BCUT2D eigenvalue weighted by molar-refractivity contribution is 7.13. The topological polar surface area (TPSA) is 71.0 Å². The molecule has 0 aliphatic carbocycles. The molecule has 2 aromatic heterocycles. The van der Waals surface area contributed by atoms with E-state index >= 15 is 0 Å². The Bertz CT molecular complexity index is 631. The number of aryl methyl sites for hydroxylation is 1. The SMILES string of the molecule is Cc1nccc([C@@H]2CCCN(CC(=O)Nc3nccs3)C2)n1. The van der Waals surface area contributed by atoms with Crippen molar-refractivity contribution in [1.82, 2.24) is 19.9 Å². The van der Waals surface area contributed by atoms with Crippen LogP contribution in [0.5, 0.6) is 0 Å². The Morgan fingerprint density at radius 2 is 2.36 bits per heavy atom. The first kappa shape index (κ1) is 15.1. The Morgan fingerprint density at radius 1 is 1.45 bits per heavy atom. The molecule has 1 amide bonds. The van der Waals surface area contributed by atoms with E-state index in [1.807, 2.05) is 24.6 Å². The maximum atomic E-state index is 12.1. The maximum Gasteiger partial charge on any atom is 0.240 e. The first-order valence-electron chi connectivity index (χ1n) is 7.42. The molecule has 0 radical (unpaired) electrons. The van der Waals surface area contributed by atoms with Gasteiger partial charge >= 0.3 is 0 Å². The zero-order valence-electron chi connectivity index (χ0n) is 12.5. The Kier molecular flexibility index (Phi) is 4.74. The number of carbonyl (C=O) groups is 1. The van der Waals surface area contributed by atoms with E-state index in [1.165, 1.54) is 11.3 Å². The predicted octanol–water partition coefficient (Wildman–Crippen LogP) is 2.06. The minimum absolute atomic E-state index is 0.00512. The molecule has 1 aliphatic rings. The third-order valence-electron chi connectivity index (χ3n) is 3.77. The minimum Gasteiger partial charge on any atom is -0.301 e. The van der Waals surface area contributed by atoms with Gasteiger partial charge in [-0.2, -0.15) is 0 Å². The third kappa shape index (κ3) is 3.86. The van der Waals surface area contributed by atoms with Gasteiger partial charge in [0.1, 0.15) is 5.82 Å². The minimum atomic E-state index is -0.00512. The number of likely N-dealkylation sites (tertiary alicyclic amines) is 1. The van der Waals surface area contributed by atoms with Gasteiger partial charge < -0.3 is 5.32 Å². The van der Waals surface area contributed by atoms with Crippen molar-refractivity contribution in [2.45, 2.75) is 25.7 Å². The van der Waals surface area contributed by atoms with Gasteiger partial charge in [0.2, 0.25) is 5.91 Å². The lowest BCUT2D eigenvalue weighted by Crippen LogP contribution is -2.40. The molecule has 1 fully saturated rings. The van der Waals surface area contributed by atoms with E-state index < -0.39 is 0 Å². The summed E-state index contributed by atoms with van der Waals surface area (Å²) in [4.78, 5) is 27.0. The number of amides is 1. The Hall–Kier alpha value is -1.86. The molecule has 0 spiro atoms. The van der Waals surface area contributed by atoms with E-state index in [1.54, 1.807) is 6.20 Å². The lowest BCUT2D eigenvalue weighted by atomic mass is 9.94. The average Bonchev–Trinajstić information content (AvgIpc) is 3.00. The summed E-state index contributed by atoms with van der Waals surface area (Å²) >= 11 is 1.43. The number of aromatic nitrogens is 3. The lowest BCUT2D eigenvalue weighted by molar-refractivity contribution is -0.117. The van der Waals surface area contributed by atoms with Crippen LogP contribution in [0.4, 0.5) is 5.13 Å². The molecule has 0 unspecified atom stereocenters. The highest BCUT2D eigenvalue weighted by Crippen LogP contribution is 2.25. The molecule has 116 valence electrons. The van der Waals surface area contributed by atoms with E-state index in [-0.39, 0.29) is 5.91 Å². The zero-order valence-corrected chi connectivity index (χ0v) is 13.3. The Labute approximate surface area is 133 Å². The van der Waals surface area contributed by atoms with Gasteiger partial charge in [-0.05, 0) is 32.4 Å². The van der Waals surface area contributed by atoms with E-state index in [0.29, 0.717) is 17.6 Å². The molecule has 1 saturated heterocycles. The molecule has 1 atom stereocenters. The Balaban J connectivity index is 1.57. The van der Waals surface area contributed by atoms with Crippen molar-refractivity contribution in [1.29, 1.82) is 0 Å². The fourth-order valence-electron chi connectivity index (χ4n) is 2.79. The van der Waals surface area contributed by atoms with Crippen LogP contribution in [-0.4, -0.2) is 45.4 Å². The van der Waals surface area contributed by atoms with Crippen molar-refractivity contribution in [3.05, 3.63) is 35.4 Å². The largest absolute Gasteiger partial charge is 0.301 e. The molecule has 1 aliphatic heterocycles. The molecule has 22 heavy (non-hydrogen) atoms. The third-order valence-corrected chi connectivity index (χ3v) is 4.46. The molecule has 0 aromatic carbocycles. The second kappa shape index (κ2) is 6.93. The number of anilines is 1. The molecule has 3 rings (SSSR count). The van der Waals surface area contributed by atoms with Crippen LogP contribution in [-0.2, 0) is 4.79 Å². The number of nitrogens with zero attached hydrogens (tertiary/aromatic N) is 4. The predicted molar refractivity (Wildman–Crippen MR) is 85.9 cm³/mol. The molecule has 0 bridgehead atoms. The van der Waals surface area contributed by atoms with Crippen molar-refractivity contribution in [3.8, 4) is 0 Å². The smallest absolute Gasteiger partial charge is 0.240 e. The van der Waals surface area contributed by atoms with E-state index in [2.05, 4.69) is 25.2 Å². The van der Waals surface area contributed by atoms with Crippen molar-refractivity contribution in [2.24, 2.45) is 0 Å². The van der Waals surface area contributed by atoms with Gasteiger partial charge in [0.25, 0.3) is 0 Å². The number of carbonyl (C=O) groups excluding carboxylic acids is 1. The molecule has 7 heteroatoms. The van der Waals surface area contributed by atoms with Gasteiger partial charge in [0.15, 0.2) is 5.13 Å². The summed E-state index contributed by atoms with van der Waals surface area (Å²) in [5.74, 6) is 1.17. The first-order valence-corrected chi connectivity index (χ1v) is 8.30. The van der Waals surface area contributed by atoms with Crippen LogP contribution in [0.1, 0.15) is 30.3 Å². The molecule has 0 saturated carbocycles. The number of piperidine rings is 1. The molecular formula is C15H19N5OS.